The van der Waals surface area contributed by atoms with Crippen molar-refractivity contribution < 1.29 is 0 Å². The molecule has 0 saturated heterocycles. The van der Waals surface area contributed by atoms with Crippen LogP contribution in [0.1, 0.15) is 71.1 Å². The van der Waals surface area contributed by atoms with Crippen molar-refractivity contribution in [3.8, 4) is 0 Å². The Morgan fingerprint density at radius 1 is 0.615 bits per heavy atom. The molecule has 0 N–H and O–H groups in total. The molecule has 0 atom stereocenters. The lowest BCUT2D eigenvalue weighted by atomic mass is 9.88. The molecule has 0 bridgehead atoms. The van der Waals surface area contributed by atoms with E-state index in [1.54, 1.807) is 0 Å². The summed E-state index contributed by atoms with van der Waals surface area (Å²) >= 11 is 3.44. The average molecular weight is 417 g/mol. The van der Waals surface area contributed by atoms with Crippen molar-refractivity contribution in [1.82, 2.24) is 0 Å². The van der Waals surface area contributed by atoms with Crippen LogP contribution < -0.4 is 0 Å². The van der Waals surface area contributed by atoms with Crippen LogP contribution in [0.3, 0.4) is 0 Å². The third-order valence-corrected chi connectivity index (χ3v) is 4.89. The lowest BCUT2D eigenvalue weighted by Crippen LogP contribution is -2.06. The quantitative estimate of drug-likeness (QED) is 0.468. The summed E-state index contributed by atoms with van der Waals surface area (Å²) in [5, 5.41) is 0. The number of rotatable bonds is 4. The molecule has 0 nitrogen and oxygen atoms in total. The molecule has 0 aromatic heterocycles. The topological polar surface area (TPSA) is 0 Å². The van der Waals surface area contributed by atoms with Crippen LogP contribution in [-0.4, -0.2) is 0 Å². The molecule has 144 valence electrons. The summed E-state index contributed by atoms with van der Waals surface area (Å²) in [6, 6.07) is 17.5. The first-order chi connectivity index (χ1) is 11.9. The largest absolute Gasteiger partial charge is 0.0602 e. The van der Waals surface area contributed by atoms with E-state index in [4.69, 9.17) is 0 Å². The zero-order chi connectivity index (χ0) is 19.8. The van der Waals surface area contributed by atoms with Gasteiger partial charge in [0.1, 0.15) is 0 Å². The monoisotopic (exact) mass is 416 g/mol. The van der Waals surface area contributed by atoms with Crippen LogP contribution in [0.15, 0.2) is 53.0 Å². The molecular weight excluding hydrogens is 380 g/mol. The Balaban J connectivity index is 0.000000260. The fraction of sp³-hybridized carbons (Fsp3) is 0.520. The fourth-order valence-corrected chi connectivity index (χ4v) is 2.71. The van der Waals surface area contributed by atoms with Gasteiger partial charge < -0.3 is 0 Å². The van der Waals surface area contributed by atoms with Gasteiger partial charge in [-0.2, -0.15) is 0 Å². The van der Waals surface area contributed by atoms with E-state index in [0.717, 1.165) is 4.47 Å². The zero-order valence-corrected chi connectivity index (χ0v) is 19.4. The van der Waals surface area contributed by atoms with Crippen molar-refractivity contribution in [1.29, 1.82) is 0 Å². The smallest absolute Gasteiger partial charge is 0.0175 e. The summed E-state index contributed by atoms with van der Waals surface area (Å²) in [4.78, 5) is 0. The number of benzene rings is 2. The second kappa shape index (κ2) is 10.3. The zero-order valence-electron chi connectivity index (χ0n) is 17.8. The Bertz CT molecular complexity index is 562. The van der Waals surface area contributed by atoms with Crippen LogP contribution in [0.2, 0.25) is 0 Å². The van der Waals surface area contributed by atoms with Crippen LogP contribution in [-0.2, 0) is 12.8 Å². The van der Waals surface area contributed by atoms with E-state index >= 15 is 0 Å². The van der Waals surface area contributed by atoms with E-state index in [1.807, 2.05) is 0 Å². The van der Waals surface area contributed by atoms with Gasteiger partial charge in [-0.1, -0.05) is 99.4 Å². The summed E-state index contributed by atoms with van der Waals surface area (Å²) in [6.07, 6.45) is 4.88. The summed E-state index contributed by atoms with van der Waals surface area (Å²) in [7, 11) is 0. The predicted molar refractivity (Wildman–Crippen MR) is 121 cm³/mol. The first-order valence-corrected chi connectivity index (χ1v) is 10.5. The third-order valence-electron chi connectivity index (χ3n) is 4.36. The maximum absolute atomic E-state index is 3.44. The Kier molecular flexibility index (Phi) is 9.10. The van der Waals surface area contributed by atoms with E-state index in [0.29, 0.717) is 10.8 Å². The van der Waals surface area contributed by atoms with Gasteiger partial charge >= 0.3 is 0 Å². The summed E-state index contributed by atoms with van der Waals surface area (Å²) in [5.41, 5.74) is 5.12. The first-order valence-electron chi connectivity index (χ1n) is 9.75. The summed E-state index contributed by atoms with van der Waals surface area (Å²) in [5.74, 6) is 0. The standard InChI is InChI=1S/C13H20.C12H17Br/c1-11-5-7-12(8-6-11)9-10-13(2,3)4;1-12(2,3)9-8-10-4-6-11(13)7-5-10/h5-8H,9-10H2,1-4H3;4-7H,8-9H2,1-3H3. The molecule has 2 aromatic rings. The van der Waals surface area contributed by atoms with E-state index in [-0.39, 0.29) is 0 Å². The molecule has 0 aliphatic rings. The minimum absolute atomic E-state index is 0.438. The van der Waals surface area contributed by atoms with Gasteiger partial charge in [0.2, 0.25) is 0 Å². The minimum Gasteiger partial charge on any atom is -0.0602 e. The third kappa shape index (κ3) is 11.5. The fourth-order valence-electron chi connectivity index (χ4n) is 2.44. The van der Waals surface area contributed by atoms with Gasteiger partial charge in [-0.3, -0.25) is 0 Å². The van der Waals surface area contributed by atoms with Crippen molar-refractivity contribution >= 4 is 15.9 Å². The Morgan fingerprint density at radius 3 is 1.31 bits per heavy atom. The van der Waals surface area contributed by atoms with Crippen LogP contribution in [0.25, 0.3) is 0 Å². The van der Waals surface area contributed by atoms with Gasteiger partial charge in [0, 0.05) is 4.47 Å². The number of aryl methyl sites for hydroxylation is 3. The second-order valence-corrected chi connectivity index (χ2v) is 10.6. The highest BCUT2D eigenvalue weighted by atomic mass is 79.9. The number of hydrogen-bond acceptors (Lipinski definition) is 0. The molecular formula is C25H37Br. The maximum Gasteiger partial charge on any atom is 0.0175 e. The van der Waals surface area contributed by atoms with Crippen LogP contribution in [0, 0.1) is 17.8 Å². The van der Waals surface area contributed by atoms with Crippen LogP contribution >= 0.6 is 15.9 Å². The van der Waals surface area contributed by atoms with E-state index in [1.165, 1.54) is 42.4 Å². The van der Waals surface area contributed by atoms with Crippen molar-refractivity contribution in [3.05, 3.63) is 69.7 Å². The Hall–Kier alpha value is -1.08. The SMILES string of the molecule is CC(C)(C)CCc1ccc(Br)cc1.Cc1ccc(CCC(C)(C)C)cc1. The first kappa shape index (κ1) is 23.0. The molecule has 0 aliphatic heterocycles. The van der Waals surface area contributed by atoms with E-state index in [9.17, 15) is 0 Å². The molecule has 0 heterocycles. The molecule has 1 heteroatoms. The van der Waals surface area contributed by atoms with E-state index in [2.05, 4.69) is 113 Å². The molecule has 0 fully saturated rings. The molecule has 0 saturated carbocycles. The normalized spacial score (nSPS) is 11.7. The van der Waals surface area contributed by atoms with Crippen molar-refractivity contribution in [3.63, 3.8) is 0 Å². The molecule has 0 aliphatic carbocycles. The van der Waals surface area contributed by atoms with Gasteiger partial charge in [0.15, 0.2) is 0 Å². The Morgan fingerprint density at radius 2 is 0.962 bits per heavy atom. The average Bonchev–Trinajstić information content (AvgIpc) is 2.53. The highest BCUT2D eigenvalue weighted by molar-refractivity contribution is 9.10. The van der Waals surface area contributed by atoms with Crippen molar-refractivity contribution in [2.45, 2.75) is 74.1 Å². The van der Waals surface area contributed by atoms with Gasteiger partial charge in [0.05, 0.1) is 0 Å². The lowest BCUT2D eigenvalue weighted by Gasteiger charge is -2.17. The maximum atomic E-state index is 3.44. The van der Waals surface area contributed by atoms with Crippen LogP contribution in [0.5, 0.6) is 0 Å². The molecule has 0 amide bonds. The molecule has 0 unspecified atom stereocenters. The van der Waals surface area contributed by atoms with Gasteiger partial charge in [-0.25, -0.2) is 0 Å². The number of hydrogen-bond donors (Lipinski definition) is 0. The Labute approximate surface area is 170 Å². The highest BCUT2D eigenvalue weighted by Crippen LogP contribution is 2.22. The molecule has 0 spiro atoms. The molecule has 2 aromatic carbocycles. The molecule has 2 rings (SSSR count). The minimum atomic E-state index is 0.438. The lowest BCUT2D eigenvalue weighted by molar-refractivity contribution is 0.378. The predicted octanol–water partition coefficient (Wildman–Crippen LogP) is 8.40. The summed E-state index contributed by atoms with van der Waals surface area (Å²) < 4.78 is 1.16. The summed E-state index contributed by atoms with van der Waals surface area (Å²) in [6.45, 7) is 15.9. The van der Waals surface area contributed by atoms with Gasteiger partial charge in [-0.05, 0) is 66.7 Å². The van der Waals surface area contributed by atoms with Gasteiger partial charge in [-0.15, -0.1) is 0 Å². The second-order valence-electron chi connectivity index (χ2n) is 9.73. The molecule has 0 radical (unpaired) electrons. The van der Waals surface area contributed by atoms with E-state index < -0.39 is 0 Å². The van der Waals surface area contributed by atoms with Crippen molar-refractivity contribution in [2.24, 2.45) is 10.8 Å². The number of halogens is 1. The molecule has 26 heavy (non-hydrogen) atoms. The highest BCUT2D eigenvalue weighted by Gasteiger charge is 2.10. The van der Waals surface area contributed by atoms with Crippen LogP contribution in [0.4, 0.5) is 0 Å². The van der Waals surface area contributed by atoms with Gasteiger partial charge in [0.25, 0.3) is 0 Å². The van der Waals surface area contributed by atoms with Crippen molar-refractivity contribution in [2.75, 3.05) is 0 Å².